The Hall–Kier alpha value is -0.300. The highest BCUT2D eigenvalue weighted by Gasteiger charge is 2.20. The molecule has 0 saturated heterocycles. The van der Waals surface area contributed by atoms with E-state index in [2.05, 4.69) is 26.0 Å². The van der Waals surface area contributed by atoms with Crippen molar-refractivity contribution in [1.82, 2.24) is 0 Å². The van der Waals surface area contributed by atoms with Gasteiger partial charge in [-0.25, -0.2) is 0 Å². The Labute approximate surface area is 114 Å². The molecule has 1 heteroatoms. The Morgan fingerprint density at radius 3 is 2.50 bits per heavy atom. The molecule has 0 bridgehead atoms. The first-order chi connectivity index (χ1) is 8.86. The van der Waals surface area contributed by atoms with Gasteiger partial charge in [0.1, 0.15) is 0 Å². The summed E-state index contributed by atoms with van der Waals surface area (Å²) in [4.78, 5) is 0. The van der Waals surface area contributed by atoms with Gasteiger partial charge in [0.25, 0.3) is 0 Å². The maximum atomic E-state index is 5.99. The molecule has 1 nitrogen and oxygen atoms in total. The quantitative estimate of drug-likeness (QED) is 0.389. The van der Waals surface area contributed by atoms with Crippen LogP contribution in [0.5, 0.6) is 0 Å². The highest BCUT2D eigenvalue weighted by molar-refractivity contribution is 4.80. The molecule has 0 N–H and O–H groups in total. The Morgan fingerprint density at radius 2 is 1.83 bits per heavy atom. The minimum absolute atomic E-state index is 0.574. The molecule has 0 atom stereocenters. The van der Waals surface area contributed by atoms with Crippen LogP contribution < -0.4 is 0 Å². The average molecular weight is 252 g/mol. The molecule has 0 aromatic rings. The van der Waals surface area contributed by atoms with Gasteiger partial charge in [-0.1, -0.05) is 38.3 Å². The second-order valence-electron chi connectivity index (χ2n) is 5.72. The summed E-state index contributed by atoms with van der Waals surface area (Å²) in [6.07, 6.45) is 18.3. The van der Waals surface area contributed by atoms with Gasteiger partial charge in [0.05, 0.1) is 6.10 Å². The van der Waals surface area contributed by atoms with Crippen LogP contribution in [-0.2, 0) is 4.74 Å². The van der Waals surface area contributed by atoms with Crippen molar-refractivity contribution in [2.75, 3.05) is 6.61 Å². The number of hydrogen-bond acceptors (Lipinski definition) is 1. The zero-order chi connectivity index (χ0) is 13.1. The van der Waals surface area contributed by atoms with Crippen LogP contribution in [0.15, 0.2) is 12.2 Å². The maximum absolute atomic E-state index is 5.99. The van der Waals surface area contributed by atoms with Crippen molar-refractivity contribution in [3.63, 3.8) is 0 Å². The topological polar surface area (TPSA) is 9.23 Å². The second kappa shape index (κ2) is 10.6. The molecule has 18 heavy (non-hydrogen) atoms. The van der Waals surface area contributed by atoms with Crippen molar-refractivity contribution in [1.29, 1.82) is 0 Å². The Kier molecular flexibility index (Phi) is 9.28. The van der Waals surface area contributed by atoms with E-state index < -0.39 is 0 Å². The molecule has 0 spiro atoms. The van der Waals surface area contributed by atoms with Gasteiger partial charge in [0.2, 0.25) is 0 Å². The third kappa shape index (κ3) is 7.20. The summed E-state index contributed by atoms with van der Waals surface area (Å²) in [5.41, 5.74) is 0. The lowest BCUT2D eigenvalue weighted by Gasteiger charge is -2.28. The maximum Gasteiger partial charge on any atom is 0.0575 e. The van der Waals surface area contributed by atoms with Crippen LogP contribution in [0.1, 0.15) is 78.1 Å². The van der Waals surface area contributed by atoms with Gasteiger partial charge in [-0.3, -0.25) is 0 Å². The molecule has 0 radical (unpaired) electrons. The minimum Gasteiger partial charge on any atom is -0.378 e. The largest absolute Gasteiger partial charge is 0.378 e. The number of hydrogen-bond donors (Lipinski definition) is 0. The summed E-state index contributed by atoms with van der Waals surface area (Å²) in [5, 5.41) is 0. The van der Waals surface area contributed by atoms with Crippen LogP contribution in [0.2, 0.25) is 0 Å². The molecule has 0 heterocycles. The fourth-order valence-electron chi connectivity index (χ4n) is 2.86. The molecular formula is C17H32O. The fraction of sp³-hybridized carbons (Fsp3) is 0.882. The summed E-state index contributed by atoms with van der Waals surface area (Å²) in [5.74, 6) is 0.959. The van der Waals surface area contributed by atoms with E-state index in [1.54, 1.807) is 0 Å². The number of allylic oxidation sites excluding steroid dienone is 2. The van der Waals surface area contributed by atoms with E-state index in [1.807, 2.05) is 0 Å². The second-order valence-corrected chi connectivity index (χ2v) is 5.72. The summed E-state index contributed by atoms with van der Waals surface area (Å²) < 4.78 is 5.99. The molecule has 1 aliphatic carbocycles. The van der Waals surface area contributed by atoms with Crippen molar-refractivity contribution >= 4 is 0 Å². The third-order valence-corrected chi connectivity index (χ3v) is 4.12. The van der Waals surface area contributed by atoms with Crippen LogP contribution in [0.4, 0.5) is 0 Å². The van der Waals surface area contributed by atoms with Crippen molar-refractivity contribution in [3.05, 3.63) is 12.2 Å². The van der Waals surface area contributed by atoms with Gasteiger partial charge >= 0.3 is 0 Å². The van der Waals surface area contributed by atoms with E-state index in [9.17, 15) is 0 Å². The first kappa shape index (κ1) is 15.8. The lowest BCUT2D eigenvalue weighted by atomic mass is 9.84. The predicted octanol–water partition coefficient (Wildman–Crippen LogP) is 5.50. The van der Waals surface area contributed by atoms with Gasteiger partial charge in [0.15, 0.2) is 0 Å². The lowest BCUT2D eigenvalue weighted by Crippen LogP contribution is -2.22. The summed E-state index contributed by atoms with van der Waals surface area (Å²) in [7, 11) is 0. The molecule has 0 aromatic heterocycles. The van der Waals surface area contributed by atoms with Crippen molar-refractivity contribution in [3.8, 4) is 0 Å². The average Bonchev–Trinajstić information content (AvgIpc) is 2.40. The Balaban J connectivity index is 1.97. The Morgan fingerprint density at radius 1 is 1.06 bits per heavy atom. The SMILES string of the molecule is C/C=C/CCC1CCC(OCCCCCC)CC1. The molecule has 0 aromatic carbocycles. The molecule has 1 rings (SSSR count). The lowest BCUT2D eigenvalue weighted by molar-refractivity contribution is 0.0154. The standard InChI is InChI=1S/C17H32O/c1-3-5-7-9-15-18-17-13-11-16(12-14-17)10-8-6-4-2/h4,6,16-17H,3,5,7-15H2,1-2H3/b6-4+. The minimum atomic E-state index is 0.574. The van der Waals surface area contributed by atoms with Gasteiger partial charge in [-0.05, 0) is 57.8 Å². The molecule has 0 amide bonds. The molecule has 1 aliphatic rings. The smallest absolute Gasteiger partial charge is 0.0575 e. The van der Waals surface area contributed by atoms with Gasteiger partial charge in [-0.2, -0.15) is 0 Å². The van der Waals surface area contributed by atoms with Gasteiger partial charge in [0, 0.05) is 6.61 Å². The van der Waals surface area contributed by atoms with Crippen LogP contribution in [0.3, 0.4) is 0 Å². The zero-order valence-electron chi connectivity index (χ0n) is 12.5. The van der Waals surface area contributed by atoms with Gasteiger partial charge in [-0.15, -0.1) is 0 Å². The van der Waals surface area contributed by atoms with E-state index in [4.69, 9.17) is 4.74 Å². The van der Waals surface area contributed by atoms with E-state index in [-0.39, 0.29) is 0 Å². The van der Waals surface area contributed by atoms with Crippen LogP contribution in [0.25, 0.3) is 0 Å². The zero-order valence-corrected chi connectivity index (χ0v) is 12.5. The van der Waals surface area contributed by atoms with E-state index in [1.165, 1.54) is 64.2 Å². The van der Waals surface area contributed by atoms with E-state index in [0.717, 1.165) is 12.5 Å². The first-order valence-corrected chi connectivity index (χ1v) is 8.09. The summed E-state index contributed by atoms with van der Waals surface area (Å²) in [6, 6.07) is 0. The normalized spacial score (nSPS) is 24.8. The molecular weight excluding hydrogens is 220 g/mol. The van der Waals surface area contributed by atoms with Crippen LogP contribution in [0, 0.1) is 5.92 Å². The highest BCUT2D eigenvalue weighted by Crippen LogP contribution is 2.29. The number of unbranched alkanes of at least 4 members (excludes halogenated alkanes) is 3. The van der Waals surface area contributed by atoms with Crippen LogP contribution in [-0.4, -0.2) is 12.7 Å². The monoisotopic (exact) mass is 252 g/mol. The molecule has 0 unspecified atom stereocenters. The first-order valence-electron chi connectivity index (χ1n) is 8.09. The molecule has 0 aliphatic heterocycles. The predicted molar refractivity (Wildman–Crippen MR) is 79.9 cm³/mol. The molecule has 106 valence electrons. The highest BCUT2D eigenvalue weighted by atomic mass is 16.5. The van der Waals surface area contributed by atoms with Crippen molar-refractivity contribution in [2.24, 2.45) is 5.92 Å². The summed E-state index contributed by atoms with van der Waals surface area (Å²) >= 11 is 0. The molecule has 1 saturated carbocycles. The molecule has 1 fully saturated rings. The Bertz CT molecular complexity index is 202. The van der Waals surface area contributed by atoms with E-state index in [0.29, 0.717) is 6.10 Å². The number of rotatable bonds is 9. The third-order valence-electron chi connectivity index (χ3n) is 4.12. The van der Waals surface area contributed by atoms with Gasteiger partial charge < -0.3 is 4.74 Å². The fourth-order valence-corrected chi connectivity index (χ4v) is 2.86. The van der Waals surface area contributed by atoms with Crippen molar-refractivity contribution in [2.45, 2.75) is 84.2 Å². The van der Waals surface area contributed by atoms with E-state index >= 15 is 0 Å². The van der Waals surface area contributed by atoms with Crippen LogP contribution >= 0.6 is 0 Å². The number of ether oxygens (including phenoxy) is 1. The van der Waals surface area contributed by atoms with Crippen molar-refractivity contribution < 1.29 is 4.74 Å². The summed E-state index contributed by atoms with van der Waals surface area (Å²) in [6.45, 7) is 5.37.